The summed E-state index contributed by atoms with van der Waals surface area (Å²) in [6.45, 7) is 14.4. The summed E-state index contributed by atoms with van der Waals surface area (Å²) in [6, 6.07) is 0. The lowest BCUT2D eigenvalue weighted by atomic mass is 9.99. The van der Waals surface area contributed by atoms with Crippen molar-refractivity contribution < 1.29 is 80.2 Å². The zero-order valence-corrected chi connectivity index (χ0v) is 73.3. The van der Waals surface area contributed by atoms with Gasteiger partial charge in [-0.05, 0) is 49.4 Å². The summed E-state index contributed by atoms with van der Waals surface area (Å²) < 4.78 is 69.0. The lowest BCUT2D eigenvalue weighted by Crippen LogP contribution is -2.30. The molecule has 0 bridgehead atoms. The number of carbonyl (C=O) groups excluding carboxylic acids is 4. The molecule has 0 saturated carbocycles. The standard InChI is InChI=1S/C89H174O17P2/c1-9-82(8)68-60-52-44-36-30-24-20-21-25-31-37-45-53-61-69-86(91)99-75-84(105-88(93)71-64-56-47-39-33-27-19-15-14-17-23-29-35-42-50-58-66-80(4)5)77-103-107(95,96)101-73-83(90)74-102-108(97,98)104-78-85(76-100-87(92)70-62-54-48-40-43-51-59-67-81(6)7)106-89(94)72-63-55-46-38-32-26-18-13-11-10-12-16-22-28-34-41-49-57-65-79(2)3/h79-85,90H,9-78H2,1-8H3,(H,95,96)(H,97,98)/t82?,83?,84-,85-/m1/s1. The Labute approximate surface area is 664 Å². The van der Waals surface area contributed by atoms with Crippen LogP contribution in [0, 0.1) is 23.7 Å². The third kappa shape index (κ3) is 80.7. The van der Waals surface area contributed by atoms with E-state index in [1.165, 1.54) is 263 Å². The van der Waals surface area contributed by atoms with Crippen molar-refractivity contribution in [2.24, 2.45) is 23.7 Å². The molecule has 0 spiro atoms. The summed E-state index contributed by atoms with van der Waals surface area (Å²) in [5.41, 5.74) is 0. The van der Waals surface area contributed by atoms with Gasteiger partial charge in [-0.15, -0.1) is 0 Å². The molecule has 0 radical (unpaired) electrons. The number of rotatable bonds is 86. The summed E-state index contributed by atoms with van der Waals surface area (Å²) in [6.07, 6.45) is 68.1. The quantitative estimate of drug-likeness (QED) is 0.0222. The molecule has 0 saturated heterocycles. The van der Waals surface area contributed by atoms with Gasteiger partial charge in [-0.1, -0.05) is 415 Å². The molecule has 19 heteroatoms. The highest BCUT2D eigenvalue weighted by molar-refractivity contribution is 7.47. The number of hydrogen-bond acceptors (Lipinski definition) is 15. The molecule has 0 rings (SSSR count). The van der Waals surface area contributed by atoms with E-state index in [-0.39, 0.29) is 25.7 Å². The zero-order valence-electron chi connectivity index (χ0n) is 71.5. The summed E-state index contributed by atoms with van der Waals surface area (Å²) in [4.78, 5) is 73.3. The highest BCUT2D eigenvalue weighted by Crippen LogP contribution is 2.45. The number of unbranched alkanes of at least 4 members (excludes halogenated alkanes) is 51. The molecule has 3 N–H and O–H groups in total. The second-order valence-electron chi connectivity index (χ2n) is 33.7. The lowest BCUT2D eigenvalue weighted by Gasteiger charge is -2.21. The molecule has 642 valence electrons. The first-order valence-electron chi connectivity index (χ1n) is 45.7. The summed E-state index contributed by atoms with van der Waals surface area (Å²) in [5.74, 6) is 1.08. The smallest absolute Gasteiger partial charge is 0.462 e. The Bertz CT molecular complexity index is 2100. The van der Waals surface area contributed by atoms with Crippen molar-refractivity contribution in [3.63, 3.8) is 0 Å². The van der Waals surface area contributed by atoms with Gasteiger partial charge in [0.1, 0.15) is 19.3 Å². The Morgan fingerprint density at radius 1 is 0.259 bits per heavy atom. The monoisotopic (exact) mass is 1580 g/mol. The van der Waals surface area contributed by atoms with Crippen molar-refractivity contribution in [3.8, 4) is 0 Å². The van der Waals surface area contributed by atoms with E-state index in [0.717, 1.165) is 114 Å². The van der Waals surface area contributed by atoms with Gasteiger partial charge >= 0.3 is 39.5 Å². The van der Waals surface area contributed by atoms with E-state index in [1.54, 1.807) is 0 Å². The van der Waals surface area contributed by atoms with Crippen molar-refractivity contribution in [3.05, 3.63) is 0 Å². The largest absolute Gasteiger partial charge is 0.472 e. The van der Waals surface area contributed by atoms with E-state index in [2.05, 4.69) is 55.4 Å². The van der Waals surface area contributed by atoms with Crippen LogP contribution in [0.3, 0.4) is 0 Å². The summed E-state index contributed by atoms with van der Waals surface area (Å²) in [5, 5.41) is 10.7. The number of hydrogen-bond donors (Lipinski definition) is 3. The minimum Gasteiger partial charge on any atom is -0.462 e. The Kier molecular flexibility index (Phi) is 76.2. The van der Waals surface area contributed by atoms with Gasteiger partial charge in [0, 0.05) is 25.7 Å². The minimum atomic E-state index is -4.97. The maximum absolute atomic E-state index is 13.2. The second-order valence-corrected chi connectivity index (χ2v) is 36.6. The Hall–Kier alpha value is -1.94. The van der Waals surface area contributed by atoms with E-state index in [1.807, 2.05) is 0 Å². The number of aliphatic hydroxyl groups excluding tert-OH is 1. The number of phosphoric acid groups is 2. The van der Waals surface area contributed by atoms with Gasteiger partial charge < -0.3 is 33.8 Å². The molecule has 108 heavy (non-hydrogen) atoms. The van der Waals surface area contributed by atoms with Crippen LogP contribution in [-0.2, 0) is 65.4 Å². The van der Waals surface area contributed by atoms with Gasteiger partial charge in [0.25, 0.3) is 0 Å². The van der Waals surface area contributed by atoms with E-state index in [0.29, 0.717) is 31.6 Å². The summed E-state index contributed by atoms with van der Waals surface area (Å²) >= 11 is 0. The predicted octanol–water partition coefficient (Wildman–Crippen LogP) is 27.1. The van der Waals surface area contributed by atoms with Crippen molar-refractivity contribution in [1.29, 1.82) is 0 Å². The van der Waals surface area contributed by atoms with Crippen LogP contribution in [0.15, 0.2) is 0 Å². The van der Waals surface area contributed by atoms with E-state index >= 15 is 0 Å². The van der Waals surface area contributed by atoms with Crippen molar-refractivity contribution >= 4 is 39.5 Å². The fraction of sp³-hybridized carbons (Fsp3) is 0.955. The van der Waals surface area contributed by atoms with Gasteiger partial charge in [-0.3, -0.25) is 37.3 Å². The molecule has 0 heterocycles. The number of carbonyl (C=O) groups is 4. The molecule has 4 unspecified atom stereocenters. The van der Waals surface area contributed by atoms with Crippen LogP contribution < -0.4 is 0 Å². The number of esters is 4. The highest BCUT2D eigenvalue weighted by Gasteiger charge is 2.31. The molecule has 0 fully saturated rings. The first-order chi connectivity index (χ1) is 52.1. The average molecular weight is 1580 g/mol. The first kappa shape index (κ1) is 106. The Morgan fingerprint density at radius 3 is 0.657 bits per heavy atom. The molecule has 0 aromatic carbocycles. The minimum absolute atomic E-state index is 0.107. The molecular weight excluding hydrogens is 1400 g/mol. The maximum Gasteiger partial charge on any atom is 0.472 e. The topological polar surface area (TPSA) is 237 Å². The van der Waals surface area contributed by atoms with Crippen molar-refractivity contribution in [2.45, 2.75) is 485 Å². The zero-order chi connectivity index (χ0) is 79.5. The lowest BCUT2D eigenvalue weighted by molar-refractivity contribution is -0.161. The molecule has 0 aliphatic rings. The third-order valence-electron chi connectivity index (χ3n) is 21.2. The van der Waals surface area contributed by atoms with Crippen LogP contribution in [0.2, 0.25) is 0 Å². The molecule has 0 aromatic rings. The fourth-order valence-electron chi connectivity index (χ4n) is 13.8. The molecule has 6 atom stereocenters. The van der Waals surface area contributed by atoms with Crippen LogP contribution >= 0.6 is 15.6 Å². The van der Waals surface area contributed by atoms with Crippen LogP contribution in [0.5, 0.6) is 0 Å². The Balaban J connectivity index is 5.22. The van der Waals surface area contributed by atoms with E-state index in [4.69, 9.17) is 37.0 Å². The number of phosphoric ester groups is 2. The number of ether oxygens (including phenoxy) is 4. The molecular formula is C89H174O17P2. The molecule has 0 aliphatic carbocycles. The van der Waals surface area contributed by atoms with Crippen LogP contribution in [-0.4, -0.2) is 96.7 Å². The molecule has 0 amide bonds. The first-order valence-corrected chi connectivity index (χ1v) is 48.7. The van der Waals surface area contributed by atoms with E-state index < -0.39 is 97.5 Å². The molecule has 17 nitrogen and oxygen atoms in total. The van der Waals surface area contributed by atoms with Gasteiger partial charge in [0.15, 0.2) is 12.2 Å². The van der Waals surface area contributed by atoms with Crippen molar-refractivity contribution in [1.82, 2.24) is 0 Å². The van der Waals surface area contributed by atoms with Gasteiger partial charge in [0.2, 0.25) is 0 Å². The fourth-order valence-corrected chi connectivity index (χ4v) is 15.4. The number of aliphatic hydroxyl groups is 1. The third-order valence-corrected chi connectivity index (χ3v) is 23.1. The normalized spacial score (nSPS) is 14.1. The summed E-state index contributed by atoms with van der Waals surface area (Å²) in [7, 11) is -9.93. The van der Waals surface area contributed by atoms with Gasteiger partial charge in [-0.2, -0.15) is 0 Å². The molecule has 0 aliphatic heterocycles. The maximum atomic E-state index is 13.2. The SMILES string of the molecule is CCC(C)CCCCCCCCCCCCCCCCC(=O)OC[C@H](COP(=O)(O)OCC(O)COP(=O)(O)OC[C@@H](COC(=O)CCCCCCCCCC(C)C)OC(=O)CCCCCCCCCCCCCCCCCCCCC(C)C)OC(=O)CCCCCCCCCCCCCCCCCCC(C)C. The highest BCUT2D eigenvalue weighted by atomic mass is 31.2. The second kappa shape index (κ2) is 77.6. The Morgan fingerprint density at radius 2 is 0.444 bits per heavy atom. The van der Waals surface area contributed by atoms with Gasteiger partial charge in [-0.25, -0.2) is 9.13 Å². The van der Waals surface area contributed by atoms with Crippen LogP contribution in [0.1, 0.15) is 466 Å². The predicted molar refractivity (Wildman–Crippen MR) is 446 cm³/mol. The molecule has 0 aromatic heterocycles. The van der Waals surface area contributed by atoms with Crippen LogP contribution in [0.25, 0.3) is 0 Å². The van der Waals surface area contributed by atoms with Crippen molar-refractivity contribution in [2.75, 3.05) is 39.6 Å². The van der Waals surface area contributed by atoms with E-state index in [9.17, 15) is 43.2 Å². The average Bonchev–Trinajstić information content (AvgIpc) is 0.929. The van der Waals surface area contributed by atoms with Crippen LogP contribution in [0.4, 0.5) is 0 Å². The van der Waals surface area contributed by atoms with Gasteiger partial charge in [0.05, 0.1) is 26.4 Å².